The zero-order valence-corrected chi connectivity index (χ0v) is 9.40. The van der Waals surface area contributed by atoms with E-state index in [-0.39, 0.29) is 11.8 Å². The Labute approximate surface area is 94.4 Å². The molecular formula is C12H15NO3. The third kappa shape index (κ3) is 2.82. The maximum atomic E-state index is 11.4. The normalized spacial score (nSPS) is 11.9. The molecule has 0 radical (unpaired) electrons. The average molecular weight is 221 g/mol. The summed E-state index contributed by atoms with van der Waals surface area (Å²) in [5.41, 5.74) is 6.45. The van der Waals surface area contributed by atoms with Gasteiger partial charge in [0.15, 0.2) is 0 Å². The van der Waals surface area contributed by atoms with Crippen LogP contribution in [0, 0.1) is 5.92 Å². The molecule has 0 aromatic heterocycles. The molecular weight excluding hydrogens is 206 g/mol. The van der Waals surface area contributed by atoms with Gasteiger partial charge in [-0.25, -0.2) is 4.79 Å². The molecule has 1 atom stereocenters. The average Bonchev–Trinajstić information content (AvgIpc) is 2.28. The fraction of sp³-hybridized carbons (Fsp3) is 0.333. The van der Waals surface area contributed by atoms with Gasteiger partial charge in [-0.05, 0) is 18.1 Å². The lowest BCUT2D eigenvalue weighted by atomic mass is 9.96. The summed E-state index contributed by atoms with van der Waals surface area (Å²) >= 11 is 0. The van der Waals surface area contributed by atoms with E-state index in [0.717, 1.165) is 5.56 Å². The summed E-state index contributed by atoms with van der Waals surface area (Å²) in [6, 6.07) is 7.04. The molecule has 0 saturated heterocycles. The Morgan fingerprint density at radius 3 is 2.56 bits per heavy atom. The molecule has 0 heterocycles. The molecule has 0 aliphatic heterocycles. The van der Waals surface area contributed by atoms with Gasteiger partial charge in [-0.15, -0.1) is 0 Å². The molecule has 0 aliphatic carbocycles. The van der Waals surface area contributed by atoms with Crippen LogP contribution in [0.5, 0.6) is 0 Å². The molecule has 2 N–H and O–H groups in total. The van der Waals surface area contributed by atoms with Crippen molar-refractivity contribution in [2.24, 2.45) is 11.7 Å². The minimum atomic E-state index is -0.396. The van der Waals surface area contributed by atoms with E-state index in [1.807, 2.05) is 6.07 Å². The number of benzene rings is 1. The highest BCUT2D eigenvalue weighted by Gasteiger charge is 2.15. The van der Waals surface area contributed by atoms with Gasteiger partial charge in [-0.1, -0.05) is 25.1 Å². The molecule has 4 nitrogen and oxygen atoms in total. The molecule has 1 amide bonds. The second-order valence-corrected chi connectivity index (χ2v) is 3.66. The monoisotopic (exact) mass is 221 g/mol. The van der Waals surface area contributed by atoms with Gasteiger partial charge in [0.2, 0.25) is 5.91 Å². The molecule has 0 spiro atoms. The van der Waals surface area contributed by atoms with Crippen LogP contribution in [-0.4, -0.2) is 19.0 Å². The summed E-state index contributed by atoms with van der Waals surface area (Å²) in [4.78, 5) is 22.4. The number of hydrogen-bond donors (Lipinski definition) is 1. The topological polar surface area (TPSA) is 69.4 Å². The largest absolute Gasteiger partial charge is 0.465 e. The lowest BCUT2D eigenvalue weighted by molar-refractivity contribution is -0.121. The molecule has 86 valence electrons. The van der Waals surface area contributed by atoms with Gasteiger partial charge in [0.25, 0.3) is 0 Å². The predicted octanol–water partition coefficient (Wildman–Crippen LogP) is 1.14. The first-order valence-electron chi connectivity index (χ1n) is 5.01. The van der Waals surface area contributed by atoms with E-state index in [1.165, 1.54) is 7.11 Å². The number of carbonyl (C=O) groups excluding carboxylic acids is 2. The highest BCUT2D eigenvalue weighted by Crippen LogP contribution is 2.14. The molecule has 1 unspecified atom stereocenters. The first-order chi connectivity index (χ1) is 7.56. The molecule has 16 heavy (non-hydrogen) atoms. The van der Waals surface area contributed by atoms with E-state index in [2.05, 4.69) is 4.74 Å². The number of methoxy groups -OCH3 is 1. The molecule has 0 aliphatic rings. The van der Waals surface area contributed by atoms with Crippen LogP contribution in [-0.2, 0) is 16.0 Å². The second kappa shape index (κ2) is 5.30. The molecule has 1 aromatic rings. The summed E-state index contributed by atoms with van der Waals surface area (Å²) in [5.74, 6) is -1.07. The van der Waals surface area contributed by atoms with Gasteiger partial charge >= 0.3 is 5.97 Å². The Bertz CT molecular complexity index is 401. The Kier molecular flexibility index (Phi) is 4.05. The fourth-order valence-corrected chi connectivity index (χ4v) is 1.44. The number of carbonyl (C=O) groups is 2. The van der Waals surface area contributed by atoms with E-state index < -0.39 is 5.97 Å². The van der Waals surface area contributed by atoms with Crippen molar-refractivity contribution in [3.63, 3.8) is 0 Å². The number of primary amides is 1. The van der Waals surface area contributed by atoms with Crippen molar-refractivity contribution in [3.05, 3.63) is 35.4 Å². The van der Waals surface area contributed by atoms with Crippen molar-refractivity contribution >= 4 is 11.9 Å². The summed E-state index contributed by atoms with van der Waals surface area (Å²) < 4.78 is 4.66. The molecule has 0 fully saturated rings. The van der Waals surface area contributed by atoms with Gasteiger partial charge in [0.1, 0.15) is 0 Å². The van der Waals surface area contributed by atoms with Crippen LogP contribution >= 0.6 is 0 Å². The van der Waals surface area contributed by atoms with Crippen molar-refractivity contribution in [1.82, 2.24) is 0 Å². The summed E-state index contributed by atoms with van der Waals surface area (Å²) in [7, 11) is 1.33. The Balaban J connectivity index is 2.95. The van der Waals surface area contributed by atoms with Crippen LogP contribution in [0.15, 0.2) is 24.3 Å². The highest BCUT2D eigenvalue weighted by atomic mass is 16.5. The van der Waals surface area contributed by atoms with Crippen LogP contribution in [0.1, 0.15) is 22.8 Å². The zero-order chi connectivity index (χ0) is 12.1. The number of esters is 1. The second-order valence-electron chi connectivity index (χ2n) is 3.66. The minimum Gasteiger partial charge on any atom is -0.465 e. The summed E-state index contributed by atoms with van der Waals surface area (Å²) in [6.07, 6.45) is 0.445. The van der Waals surface area contributed by atoms with Gasteiger partial charge in [-0.2, -0.15) is 0 Å². The van der Waals surface area contributed by atoms with Crippen molar-refractivity contribution in [1.29, 1.82) is 0 Å². The van der Waals surface area contributed by atoms with Crippen molar-refractivity contribution in [2.45, 2.75) is 13.3 Å². The molecule has 0 saturated carbocycles. The van der Waals surface area contributed by atoms with Gasteiger partial charge < -0.3 is 10.5 Å². The number of hydrogen-bond acceptors (Lipinski definition) is 3. The lowest BCUT2D eigenvalue weighted by Crippen LogP contribution is -2.23. The number of rotatable bonds is 4. The van der Waals surface area contributed by atoms with Gasteiger partial charge in [-0.3, -0.25) is 4.79 Å². The quantitative estimate of drug-likeness (QED) is 0.775. The third-order valence-electron chi connectivity index (χ3n) is 2.43. The molecule has 0 bridgehead atoms. The summed E-state index contributed by atoms with van der Waals surface area (Å²) in [6.45, 7) is 1.73. The lowest BCUT2D eigenvalue weighted by Gasteiger charge is -2.10. The first-order valence-corrected chi connectivity index (χ1v) is 5.01. The van der Waals surface area contributed by atoms with Crippen LogP contribution in [0.2, 0.25) is 0 Å². The van der Waals surface area contributed by atoms with E-state index in [1.54, 1.807) is 25.1 Å². The Hall–Kier alpha value is -1.84. The molecule has 1 rings (SSSR count). The van der Waals surface area contributed by atoms with E-state index >= 15 is 0 Å². The van der Waals surface area contributed by atoms with Gasteiger partial charge in [0, 0.05) is 5.92 Å². The van der Waals surface area contributed by atoms with Crippen LogP contribution in [0.3, 0.4) is 0 Å². The summed E-state index contributed by atoms with van der Waals surface area (Å²) in [5, 5.41) is 0. The Morgan fingerprint density at radius 1 is 1.38 bits per heavy atom. The van der Waals surface area contributed by atoms with Crippen molar-refractivity contribution in [3.8, 4) is 0 Å². The minimum absolute atomic E-state index is 0.300. The maximum Gasteiger partial charge on any atom is 0.338 e. The zero-order valence-electron chi connectivity index (χ0n) is 9.40. The third-order valence-corrected chi connectivity index (χ3v) is 2.43. The fourth-order valence-electron chi connectivity index (χ4n) is 1.44. The van der Waals surface area contributed by atoms with Crippen LogP contribution in [0.4, 0.5) is 0 Å². The molecule has 1 aromatic carbocycles. The van der Waals surface area contributed by atoms with Crippen LogP contribution in [0.25, 0.3) is 0 Å². The van der Waals surface area contributed by atoms with Crippen LogP contribution < -0.4 is 5.73 Å². The number of ether oxygens (including phenoxy) is 1. The maximum absolute atomic E-state index is 11.4. The van der Waals surface area contributed by atoms with E-state index in [0.29, 0.717) is 12.0 Å². The van der Waals surface area contributed by atoms with Gasteiger partial charge in [0.05, 0.1) is 12.7 Å². The van der Waals surface area contributed by atoms with Crippen molar-refractivity contribution in [2.75, 3.05) is 7.11 Å². The SMILES string of the molecule is COC(=O)c1ccccc1CC(C)C(N)=O. The van der Waals surface area contributed by atoms with E-state index in [9.17, 15) is 9.59 Å². The smallest absolute Gasteiger partial charge is 0.338 e. The number of amides is 1. The number of nitrogens with two attached hydrogens (primary N) is 1. The standard InChI is InChI=1S/C12H15NO3/c1-8(11(13)14)7-9-5-3-4-6-10(9)12(15)16-2/h3-6,8H,7H2,1-2H3,(H2,13,14). The predicted molar refractivity (Wildman–Crippen MR) is 59.8 cm³/mol. The van der Waals surface area contributed by atoms with E-state index in [4.69, 9.17) is 5.73 Å². The highest BCUT2D eigenvalue weighted by molar-refractivity contribution is 5.91. The van der Waals surface area contributed by atoms with Crippen molar-refractivity contribution < 1.29 is 14.3 Å². The Morgan fingerprint density at radius 2 is 2.00 bits per heavy atom. The molecule has 4 heteroatoms. The first kappa shape index (κ1) is 12.2.